The first-order chi connectivity index (χ1) is 16.2. The van der Waals surface area contributed by atoms with Crippen LogP contribution in [0.4, 0.5) is 11.4 Å². The van der Waals surface area contributed by atoms with Gasteiger partial charge in [-0.05, 0) is 27.0 Å². The van der Waals surface area contributed by atoms with Crippen molar-refractivity contribution in [3.8, 4) is 0 Å². The van der Waals surface area contributed by atoms with E-state index in [2.05, 4.69) is 44.4 Å². The largest absolute Gasteiger partial charge is 0.377 e. The average molecular weight is 495 g/mol. The summed E-state index contributed by atoms with van der Waals surface area (Å²) in [5.74, 6) is -1.28. The highest BCUT2D eigenvalue weighted by molar-refractivity contribution is 6.21. The number of ether oxygens (including phenoxy) is 1. The fraction of sp³-hybridized carbons (Fsp3) is 0.727. The predicted octanol–water partition coefficient (Wildman–Crippen LogP) is 0.455. The molecule has 5 atom stereocenters. The van der Waals surface area contributed by atoms with Crippen molar-refractivity contribution in [2.45, 2.75) is 43.1 Å². The number of rotatable bonds is 7. The summed E-state index contributed by atoms with van der Waals surface area (Å²) < 4.78 is 5.45. The number of aromatic nitrogens is 1. The van der Waals surface area contributed by atoms with Gasteiger partial charge in [-0.25, -0.2) is 0 Å². The van der Waals surface area contributed by atoms with Crippen molar-refractivity contribution < 1.29 is 9.53 Å². The van der Waals surface area contributed by atoms with Crippen molar-refractivity contribution >= 4 is 28.9 Å². The third-order valence-corrected chi connectivity index (χ3v) is 7.52. The summed E-state index contributed by atoms with van der Waals surface area (Å²) in [5.41, 5.74) is 7.57. The number of halogens is 1. The van der Waals surface area contributed by atoms with Gasteiger partial charge < -0.3 is 20.7 Å². The lowest BCUT2D eigenvalue weighted by Gasteiger charge is -2.52. The van der Waals surface area contributed by atoms with E-state index in [1.807, 2.05) is 18.0 Å². The molecule has 4 N–H and O–H groups in total. The van der Waals surface area contributed by atoms with Crippen LogP contribution in [-0.2, 0) is 9.53 Å². The number of nitrogens with zero attached hydrogens (tertiary/aromatic N) is 5. The smallest absolute Gasteiger partial charge is 0.234 e. The van der Waals surface area contributed by atoms with Gasteiger partial charge in [-0.2, -0.15) is 0 Å². The number of nitrogens with one attached hydrogen (secondary N) is 2. The Balaban J connectivity index is 1.50. The monoisotopic (exact) mass is 494 g/mol. The molecular weight excluding hydrogens is 460 g/mol. The topological polar surface area (TPSA) is 128 Å². The molecule has 0 saturated carbocycles. The van der Waals surface area contributed by atoms with E-state index in [0.29, 0.717) is 18.8 Å². The molecular formula is C22H35ClN8O3. The van der Waals surface area contributed by atoms with Crippen molar-refractivity contribution in [2.24, 2.45) is 16.8 Å². The number of carbonyl (C=O) groups excluding carboxylic acids is 1. The molecule has 12 heteroatoms. The second kappa shape index (κ2) is 10.4. The number of anilines is 2. The Morgan fingerprint density at radius 2 is 2.18 bits per heavy atom. The number of piperazine rings is 1. The highest BCUT2D eigenvalue weighted by Gasteiger charge is 2.43. The third-order valence-electron chi connectivity index (χ3n) is 7.22. The van der Waals surface area contributed by atoms with Crippen LogP contribution in [-0.4, -0.2) is 103 Å². The van der Waals surface area contributed by atoms with Gasteiger partial charge in [0.25, 0.3) is 0 Å². The Hall–Kier alpha value is -1.89. The molecule has 4 unspecified atom stereocenters. The van der Waals surface area contributed by atoms with Crippen LogP contribution in [0.1, 0.15) is 13.8 Å². The molecule has 4 rings (SSSR count). The van der Waals surface area contributed by atoms with Crippen LogP contribution in [0.5, 0.6) is 0 Å². The third kappa shape index (κ3) is 5.05. The van der Waals surface area contributed by atoms with Gasteiger partial charge in [0.1, 0.15) is 5.92 Å². The zero-order valence-corrected chi connectivity index (χ0v) is 20.7. The van der Waals surface area contributed by atoms with Crippen LogP contribution in [0.15, 0.2) is 23.6 Å². The second-order valence-electron chi connectivity index (χ2n) is 9.87. The predicted molar refractivity (Wildman–Crippen MR) is 132 cm³/mol. The van der Waals surface area contributed by atoms with Crippen molar-refractivity contribution in [3.63, 3.8) is 0 Å². The van der Waals surface area contributed by atoms with E-state index in [0.717, 1.165) is 38.5 Å². The van der Waals surface area contributed by atoms with E-state index in [4.69, 9.17) is 22.1 Å². The molecule has 3 aliphatic heterocycles. The zero-order valence-electron chi connectivity index (χ0n) is 20.0. The number of amides is 1. The van der Waals surface area contributed by atoms with Crippen molar-refractivity contribution in [1.82, 2.24) is 20.1 Å². The van der Waals surface area contributed by atoms with Gasteiger partial charge in [0.2, 0.25) is 5.91 Å². The second-order valence-corrected chi connectivity index (χ2v) is 10.5. The summed E-state index contributed by atoms with van der Waals surface area (Å²) in [6.07, 6.45) is 1.69. The minimum Gasteiger partial charge on any atom is -0.377 e. The lowest BCUT2D eigenvalue weighted by Crippen LogP contribution is -2.66. The molecule has 34 heavy (non-hydrogen) atoms. The summed E-state index contributed by atoms with van der Waals surface area (Å²) in [6, 6.07) is 2.14. The van der Waals surface area contributed by atoms with Gasteiger partial charge in [0, 0.05) is 45.0 Å². The summed E-state index contributed by atoms with van der Waals surface area (Å²) in [5, 5.41) is 9.09. The maximum Gasteiger partial charge on any atom is 0.234 e. The Kier molecular flexibility index (Phi) is 7.70. The minimum absolute atomic E-state index is 0.0933. The molecule has 1 aromatic rings. The Labute approximate surface area is 205 Å². The number of hydrogen-bond acceptors (Lipinski definition) is 10. The number of nitroso groups, excluding NO2 is 1. The standard InChI is InChI=1S/C22H35ClN8O3/c1-14-10-30(22(2)12-34-13-22)6-7-31(14)17-4-5-25-9-16(17)27-21(32)18(19(24)28-33)20-26-8-15(23)11-29(20)3/h4-5,9,14-15,18-20,26H,6-8,10-13,24H2,1-3H3,(H,27,32)/t14-,15?,18?,19?,20?/m1/s1. The lowest BCUT2D eigenvalue weighted by atomic mass is 9.95. The Morgan fingerprint density at radius 3 is 2.79 bits per heavy atom. The molecule has 3 fully saturated rings. The van der Waals surface area contributed by atoms with Crippen LogP contribution in [0, 0.1) is 10.8 Å². The SMILES string of the molecule is C[C@@H]1CN(C2(C)COC2)CCN1c1ccncc1NC(=O)C(C(N)N=O)C1NCC(Cl)CN1C. The molecule has 1 amide bonds. The van der Waals surface area contributed by atoms with Crippen LogP contribution >= 0.6 is 11.6 Å². The molecule has 3 aliphatic rings. The van der Waals surface area contributed by atoms with E-state index in [9.17, 15) is 9.70 Å². The molecule has 0 bridgehead atoms. The molecule has 0 aliphatic carbocycles. The molecule has 0 aromatic carbocycles. The maximum atomic E-state index is 13.4. The first kappa shape index (κ1) is 25.2. The molecule has 11 nitrogen and oxygen atoms in total. The first-order valence-corrected chi connectivity index (χ1v) is 12.2. The highest BCUT2D eigenvalue weighted by Crippen LogP contribution is 2.33. The summed E-state index contributed by atoms with van der Waals surface area (Å²) in [7, 11) is 1.84. The van der Waals surface area contributed by atoms with E-state index in [-0.39, 0.29) is 22.9 Å². The van der Waals surface area contributed by atoms with Crippen LogP contribution < -0.4 is 21.3 Å². The maximum absolute atomic E-state index is 13.4. The molecule has 1 aromatic heterocycles. The van der Waals surface area contributed by atoms with Gasteiger partial charge >= 0.3 is 0 Å². The molecule has 3 saturated heterocycles. The van der Waals surface area contributed by atoms with Gasteiger partial charge in [-0.3, -0.25) is 24.9 Å². The van der Waals surface area contributed by atoms with Crippen molar-refractivity contribution in [2.75, 3.05) is 63.2 Å². The summed E-state index contributed by atoms with van der Waals surface area (Å²) >= 11 is 6.23. The molecule has 188 valence electrons. The normalized spacial score (nSPS) is 29.7. The van der Waals surface area contributed by atoms with E-state index in [1.54, 1.807) is 12.4 Å². The zero-order chi connectivity index (χ0) is 24.5. The average Bonchev–Trinajstić information content (AvgIpc) is 2.79. The number of hydrogen-bond donors (Lipinski definition) is 3. The number of carbonyl (C=O) groups is 1. The lowest BCUT2D eigenvalue weighted by molar-refractivity contribution is -0.134. The Bertz CT molecular complexity index is 887. The van der Waals surface area contributed by atoms with Crippen molar-refractivity contribution in [3.05, 3.63) is 23.4 Å². The molecule has 0 radical (unpaired) electrons. The number of nitrogens with two attached hydrogens (primary N) is 1. The summed E-state index contributed by atoms with van der Waals surface area (Å²) in [6.45, 7) is 9.63. The van der Waals surface area contributed by atoms with E-state index in [1.165, 1.54) is 0 Å². The Morgan fingerprint density at radius 1 is 1.41 bits per heavy atom. The minimum atomic E-state index is -1.21. The van der Waals surface area contributed by atoms with Crippen LogP contribution in [0.2, 0.25) is 0 Å². The van der Waals surface area contributed by atoms with Gasteiger partial charge in [0.15, 0.2) is 6.17 Å². The highest BCUT2D eigenvalue weighted by atomic mass is 35.5. The van der Waals surface area contributed by atoms with Crippen LogP contribution in [0.25, 0.3) is 0 Å². The van der Waals surface area contributed by atoms with Gasteiger partial charge in [-0.15, -0.1) is 16.5 Å². The fourth-order valence-corrected chi connectivity index (χ4v) is 5.49. The molecule has 4 heterocycles. The number of alkyl halides is 1. The number of pyridine rings is 1. The fourth-order valence-electron chi connectivity index (χ4n) is 5.18. The summed E-state index contributed by atoms with van der Waals surface area (Å²) in [4.78, 5) is 35.7. The molecule has 0 spiro atoms. The van der Waals surface area contributed by atoms with Gasteiger partial charge in [0.05, 0.1) is 47.9 Å². The van der Waals surface area contributed by atoms with Gasteiger partial charge in [-0.1, -0.05) is 5.18 Å². The first-order valence-electron chi connectivity index (χ1n) is 11.7. The van der Waals surface area contributed by atoms with E-state index >= 15 is 0 Å². The quantitative estimate of drug-likeness (QED) is 0.365. The van der Waals surface area contributed by atoms with E-state index < -0.39 is 18.2 Å². The van der Waals surface area contributed by atoms with Crippen molar-refractivity contribution in [1.29, 1.82) is 0 Å². The van der Waals surface area contributed by atoms with Crippen LogP contribution in [0.3, 0.4) is 0 Å².